The highest BCUT2D eigenvalue weighted by Gasteiger charge is 2.24. The number of sulfone groups is 1. The third-order valence-corrected chi connectivity index (χ3v) is 4.26. The van der Waals surface area contributed by atoms with Crippen LogP contribution in [0.25, 0.3) is 0 Å². The van der Waals surface area contributed by atoms with E-state index in [1.165, 1.54) is 6.07 Å². The first-order valence-corrected chi connectivity index (χ1v) is 9.01. The topological polar surface area (TPSA) is 113 Å². The Morgan fingerprint density at radius 1 is 1.12 bits per heavy atom. The summed E-state index contributed by atoms with van der Waals surface area (Å²) in [4.78, 5) is 21.7. The predicted octanol–water partition coefficient (Wildman–Crippen LogP) is 2.23. The van der Waals surface area contributed by atoms with Crippen molar-refractivity contribution in [2.24, 2.45) is 0 Å². The Balaban J connectivity index is 2.02. The van der Waals surface area contributed by atoms with Crippen LogP contribution >= 0.6 is 0 Å². The van der Waals surface area contributed by atoms with E-state index in [0.717, 1.165) is 18.4 Å². The molecule has 0 heterocycles. The van der Waals surface area contributed by atoms with Gasteiger partial charge in [0.25, 0.3) is 5.69 Å². The van der Waals surface area contributed by atoms with Crippen molar-refractivity contribution in [1.29, 1.82) is 0 Å². The fourth-order valence-corrected chi connectivity index (χ4v) is 2.82. The fraction of sp³-hybridized carbons (Fsp3) is 0.188. The lowest BCUT2D eigenvalue weighted by Gasteiger charge is -2.08. The highest BCUT2D eigenvalue weighted by atomic mass is 32.2. The first-order valence-electron chi connectivity index (χ1n) is 7.12. The summed E-state index contributed by atoms with van der Waals surface area (Å²) in [6.45, 7) is 0.0502. The van der Waals surface area contributed by atoms with Gasteiger partial charge in [0, 0.05) is 12.3 Å². The molecule has 0 aliphatic carbocycles. The van der Waals surface area contributed by atoms with Gasteiger partial charge in [0.15, 0.2) is 9.84 Å². The van der Waals surface area contributed by atoms with Crippen LogP contribution in [-0.4, -0.2) is 38.8 Å². The lowest BCUT2D eigenvalue weighted by atomic mass is 10.2. The zero-order valence-corrected chi connectivity index (χ0v) is 14.1. The van der Waals surface area contributed by atoms with Crippen LogP contribution in [0.15, 0.2) is 53.4 Å². The number of hydrogen-bond acceptors (Lipinski definition) is 7. The van der Waals surface area contributed by atoms with Gasteiger partial charge in [-0.2, -0.15) is 0 Å². The van der Waals surface area contributed by atoms with Crippen molar-refractivity contribution in [2.75, 3.05) is 19.5 Å². The minimum atomic E-state index is -3.79. The molecule has 2 rings (SSSR count). The van der Waals surface area contributed by atoms with E-state index in [9.17, 15) is 23.3 Å². The molecule has 0 spiro atoms. The molecule has 0 aliphatic heterocycles. The monoisotopic (exact) mass is 365 g/mol. The molecule has 0 saturated heterocycles. The summed E-state index contributed by atoms with van der Waals surface area (Å²) in [5, 5.41) is 11.0. The first kappa shape index (κ1) is 18.4. The summed E-state index contributed by atoms with van der Waals surface area (Å²) < 4.78 is 33.4. The van der Waals surface area contributed by atoms with Gasteiger partial charge < -0.3 is 9.47 Å². The lowest BCUT2D eigenvalue weighted by Crippen LogP contribution is -2.13. The van der Waals surface area contributed by atoms with Gasteiger partial charge in [0.2, 0.25) is 0 Å². The van der Waals surface area contributed by atoms with Crippen LogP contribution in [-0.2, 0) is 14.6 Å². The Morgan fingerprint density at radius 3 is 2.40 bits per heavy atom. The van der Waals surface area contributed by atoms with E-state index < -0.39 is 31.3 Å². The third-order valence-electron chi connectivity index (χ3n) is 3.12. The first-order chi connectivity index (χ1) is 11.8. The molecular formula is C16H15NO7S. The quantitative estimate of drug-likeness (QED) is 0.320. The van der Waals surface area contributed by atoms with Gasteiger partial charge in [0.1, 0.15) is 23.9 Å². The number of hydrogen-bond donors (Lipinski definition) is 0. The van der Waals surface area contributed by atoms with E-state index in [0.29, 0.717) is 5.75 Å². The Morgan fingerprint density at radius 2 is 1.80 bits per heavy atom. The molecule has 0 aromatic heterocycles. The molecular weight excluding hydrogens is 350 g/mol. The fourth-order valence-electron chi connectivity index (χ4n) is 1.99. The van der Waals surface area contributed by atoms with Gasteiger partial charge in [-0.1, -0.05) is 18.2 Å². The summed E-state index contributed by atoms with van der Waals surface area (Å²) >= 11 is 0. The number of carbonyl (C=O) groups is 1. The molecule has 0 bridgehead atoms. The number of nitro groups is 1. The summed E-state index contributed by atoms with van der Waals surface area (Å²) in [6, 6.07) is 12.0. The van der Waals surface area contributed by atoms with Crippen LogP contribution < -0.4 is 4.74 Å². The summed E-state index contributed by atoms with van der Waals surface area (Å²) in [5.74, 6) is -0.188. The SMILES string of the molecule is CS(=O)(=O)c1ccc(C(=O)OCCOc2ccccc2)cc1[N+](=O)[O-]. The number of para-hydroxylation sites is 1. The van der Waals surface area contributed by atoms with E-state index in [1.807, 2.05) is 6.07 Å². The molecule has 8 nitrogen and oxygen atoms in total. The number of rotatable bonds is 7. The standard InChI is InChI=1S/C16H15NO7S/c1-25(21,22)15-8-7-12(11-14(15)17(19)20)16(18)24-10-9-23-13-5-3-2-4-6-13/h2-8,11H,9-10H2,1H3. The van der Waals surface area contributed by atoms with Crippen molar-refractivity contribution < 1.29 is 27.6 Å². The molecule has 0 saturated carbocycles. The van der Waals surface area contributed by atoms with Crippen LogP contribution in [0.5, 0.6) is 5.75 Å². The van der Waals surface area contributed by atoms with Crippen LogP contribution in [0, 0.1) is 10.1 Å². The Bertz CT molecular complexity index is 879. The van der Waals surface area contributed by atoms with Crippen LogP contribution in [0.2, 0.25) is 0 Å². The van der Waals surface area contributed by atoms with Gasteiger partial charge in [-0.15, -0.1) is 0 Å². The van der Waals surface area contributed by atoms with Gasteiger partial charge >= 0.3 is 5.97 Å². The van der Waals surface area contributed by atoms with Crippen LogP contribution in [0.3, 0.4) is 0 Å². The molecule has 0 amide bonds. The number of nitro benzene ring substituents is 1. The van der Waals surface area contributed by atoms with Crippen molar-refractivity contribution in [3.63, 3.8) is 0 Å². The molecule has 2 aromatic rings. The smallest absolute Gasteiger partial charge is 0.338 e. The Hall–Kier alpha value is -2.94. The summed E-state index contributed by atoms with van der Waals surface area (Å²) in [5.41, 5.74) is -0.781. The average Bonchev–Trinajstić information content (AvgIpc) is 2.58. The average molecular weight is 365 g/mol. The van der Waals surface area contributed by atoms with Gasteiger partial charge in [-0.05, 0) is 24.3 Å². The second kappa shape index (κ2) is 7.75. The number of carbonyl (C=O) groups excluding carboxylic acids is 1. The van der Waals surface area contributed by atoms with E-state index in [-0.39, 0.29) is 18.8 Å². The van der Waals surface area contributed by atoms with E-state index in [4.69, 9.17) is 9.47 Å². The largest absolute Gasteiger partial charge is 0.490 e. The number of benzene rings is 2. The highest BCUT2D eigenvalue weighted by Crippen LogP contribution is 2.25. The van der Waals surface area contributed by atoms with Crippen LogP contribution in [0.4, 0.5) is 5.69 Å². The maximum Gasteiger partial charge on any atom is 0.338 e. The van der Waals surface area contributed by atoms with E-state index in [2.05, 4.69) is 0 Å². The molecule has 0 unspecified atom stereocenters. The van der Waals surface area contributed by atoms with Crippen molar-refractivity contribution in [3.05, 3.63) is 64.2 Å². The second-order valence-corrected chi connectivity index (χ2v) is 6.99. The van der Waals surface area contributed by atoms with Crippen molar-refractivity contribution in [3.8, 4) is 5.75 Å². The lowest BCUT2D eigenvalue weighted by molar-refractivity contribution is -0.387. The van der Waals surface area contributed by atoms with Crippen molar-refractivity contribution in [1.82, 2.24) is 0 Å². The molecule has 9 heteroatoms. The molecule has 0 fully saturated rings. The highest BCUT2D eigenvalue weighted by molar-refractivity contribution is 7.90. The molecule has 0 N–H and O–H groups in total. The minimum Gasteiger partial charge on any atom is -0.490 e. The maximum absolute atomic E-state index is 11.9. The van der Waals surface area contributed by atoms with E-state index >= 15 is 0 Å². The number of esters is 1. The van der Waals surface area contributed by atoms with Crippen LogP contribution in [0.1, 0.15) is 10.4 Å². The molecule has 132 valence electrons. The summed E-state index contributed by atoms with van der Waals surface area (Å²) in [6.07, 6.45) is 0.855. The van der Waals surface area contributed by atoms with Crippen molar-refractivity contribution >= 4 is 21.5 Å². The van der Waals surface area contributed by atoms with Gasteiger partial charge in [-0.25, -0.2) is 13.2 Å². The minimum absolute atomic E-state index is 0.0602. The number of nitrogens with zero attached hydrogens (tertiary/aromatic N) is 1. The molecule has 2 aromatic carbocycles. The van der Waals surface area contributed by atoms with Gasteiger partial charge in [0.05, 0.1) is 10.5 Å². The molecule has 0 aliphatic rings. The zero-order valence-electron chi connectivity index (χ0n) is 13.2. The predicted molar refractivity (Wildman–Crippen MR) is 88.4 cm³/mol. The maximum atomic E-state index is 11.9. The van der Waals surface area contributed by atoms with E-state index in [1.54, 1.807) is 24.3 Å². The molecule has 0 radical (unpaired) electrons. The zero-order chi connectivity index (χ0) is 18.4. The Labute approximate surface area is 144 Å². The Kier molecular flexibility index (Phi) is 5.71. The van der Waals surface area contributed by atoms with Gasteiger partial charge in [-0.3, -0.25) is 10.1 Å². The normalized spacial score (nSPS) is 10.9. The summed E-state index contributed by atoms with van der Waals surface area (Å²) in [7, 11) is -3.79. The third kappa shape index (κ3) is 5.01. The molecule has 25 heavy (non-hydrogen) atoms. The molecule has 0 atom stereocenters. The van der Waals surface area contributed by atoms with Crippen molar-refractivity contribution in [2.45, 2.75) is 4.90 Å². The second-order valence-electron chi connectivity index (χ2n) is 5.01. The number of ether oxygens (including phenoxy) is 2.